The lowest BCUT2D eigenvalue weighted by Crippen LogP contribution is -2.55. The molecule has 118 valence electrons. The van der Waals surface area contributed by atoms with Crippen molar-refractivity contribution in [1.82, 2.24) is 14.9 Å². The summed E-state index contributed by atoms with van der Waals surface area (Å²) in [6, 6.07) is 3.81. The summed E-state index contributed by atoms with van der Waals surface area (Å²) in [5.74, 6) is -0.0306. The highest BCUT2D eigenvalue weighted by atomic mass is 16.5. The maximum Gasteiger partial charge on any atom is 0.270 e. The molecule has 3 rings (SSSR count). The Morgan fingerprint density at radius 1 is 1.50 bits per heavy atom. The molecule has 6 heteroatoms. The first-order valence-electron chi connectivity index (χ1n) is 7.40. The Labute approximate surface area is 129 Å². The van der Waals surface area contributed by atoms with Gasteiger partial charge in [0.1, 0.15) is 5.69 Å². The summed E-state index contributed by atoms with van der Waals surface area (Å²) in [6.07, 6.45) is 1.75. The second-order valence-electron chi connectivity index (χ2n) is 6.55. The molecule has 0 radical (unpaired) electrons. The number of aromatic amines is 1. The first-order chi connectivity index (χ1) is 10.3. The number of hydrogen-bond donors (Lipinski definition) is 2. The Morgan fingerprint density at radius 3 is 2.91 bits per heavy atom. The number of carbonyl (C=O) groups is 1. The number of likely N-dealkylation sites (tertiary alicyclic amines) is 1. The van der Waals surface area contributed by atoms with Crippen molar-refractivity contribution in [3.05, 3.63) is 29.7 Å². The van der Waals surface area contributed by atoms with E-state index in [0.29, 0.717) is 18.8 Å². The number of amides is 1. The van der Waals surface area contributed by atoms with Gasteiger partial charge in [0.2, 0.25) is 0 Å². The number of ether oxygens (including phenoxy) is 1. The highest BCUT2D eigenvalue weighted by Crippen LogP contribution is 2.20. The molecule has 1 amide bonds. The van der Waals surface area contributed by atoms with Crippen molar-refractivity contribution in [1.29, 1.82) is 0 Å². The number of aryl methyl sites for hydroxylation is 1. The maximum absolute atomic E-state index is 12.4. The number of carbonyl (C=O) groups excluding carboxylic acids is 1. The third kappa shape index (κ3) is 3.13. The number of rotatable bonds is 4. The summed E-state index contributed by atoms with van der Waals surface area (Å²) in [4.78, 5) is 21.5. The second-order valence-corrected chi connectivity index (χ2v) is 6.55. The minimum atomic E-state index is -0.841. The lowest BCUT2D eigenvalue weighted by molar-refractivity contribution is -0.0943. The van der Waals surface area contributed by atoms with Crippen LogP contribution in [0.1, 0.15) is 30.0 Å². The molecule has 0 saturated carbocycles. The smallest absolute Gasteiger partial charge is 0.270 e. The van der Waals surface area contributed by atoms with E-state index in [1.54, 1.807) is 24.9 Å². The van der Waals surface area contributed by atoms with Crippen molar-refractivity contribution < 1.29 is 14.6 Å². The van der Waals surface area contributed by atoms with E-state index in [-0.39, 0.29) is 18.6 Å². The van der Waals surface area contributed by atoms with Gasteiger partial charge in [-0.25, -0.2) is 0 Å². The quantitative estimate of drug-likeness (QED) is 0.897. The predicted molar refractivity (Wildman–Crippen MR) is 82.8 cm³/mol. The minimum absolute atomic E-state index is 0.00339. The number of pyridine rings is 1. The Kier molecular flexibility index (Phi) is 3.66. The van der Waals surface area contributed by atoms with Gasteiger partial charge in [-0.2, -0.15) is 0 Å². The molecular weight excluding hydrogens is 282 g/mol. The summed E-state index contributed by atoms with van der Waals surface area (Å²) in [7, 11) is 0. The third-order valence-corrected chi connectivity index (χ3v) is 3.68. The first kappa shape index (κ1) is 15.0. The fourth-order valence-electron chi connectivity index (χ4n) is 2.46. The molecule has 1 aliphatic heterocycles. The number of aromatic nitrogens is 2. The van der Waals surface area contributed by atoms with Crippen molar-refractivity contribution in [2.45, 2.75) is 32.5 Å². The van der Waals surface area contributed by atoms with Crippen LogP contribution in [0.25, 0.3) is 10.9 Å². The normalized spacial score (nSPS) is 16.1. The molecule has 2 aromatic rings. The number of fused-ring (bicyclic) bond motifs is 1. The summed E-state index contributed by atoms with van der Waals surface area (Å²) in [5, 5.41) is 10.6. The van der Waals surface area contributed by atoms with Crippen LogP contribution in [0, 0.1) is 6.92 Å². The van der Waals surface area contributed by atoms with Crippen molar-refractivity contribution in [3.63, 3.8) is 0 Å². The van der Waals surface area contributed by atoms with Crippen LogP contribution in [-0.4, -0.2) is 57.3 Å². The van der Waals surface area contributed by atoms with Crippen LogP contribution in [0.5, 0.6) is 0 Å². The molecule has 22 heavy (non-hydrogen) atoms. The van der Waals surface area contributed by atoms with Gasteiger partial charge in [0, 0.05) is 24.2 Å². The van der Waals surface area contributed by atoms with Crippen molar-refractivity contribution >= 4 is 16.8 Å². The SMILES string of the molecule is Cc1cc2cc(C(=O)N3CC(OCC(C)(C)O)C3)[nH]c2cn1. The second kappa shape index (κ2) is 5.37. The summed E-state index contributed by atoms with van der Waals surface area (Å²) < 4.78 is 5.57. The van der Waals surface area contributed by atoms with E-state index in [1.807, 2.05) is 19.1 Å². The van der Waals surface area contributed by atoms with Gasteiger partial charge >= 0.3 is 0 Å². The molecule has 2 aromatic heterocycles. The first-order valence-corrected chi connectivity index (χ1v) is 7.40. The third-order valence-electron chi connectivity index (χ3n) is 3.68. The van der Waals surface area contributed by atoms with Crippen molar-refractivity contribution in [2.24, 2.45) is 0 Å². The molecule has 0 spiro atoms. The lowest BCUT2D eigenvalue weighted by atomic mass is 10.1. The molecule has 6 nitrogen and oxygen atoms in total. The van der Waals surface area contributed by atoms with Crippen LogP contribution in [0.2, 0.25) is 0 Å². The monoisotopic (exact) mass is 303 g/mol. The Bertz CT molecular complexity index is 696. The van der Waals surface area contributed by atoms with Crippen LogP contribution < -0.4 is 0 Å². The molecular formula is C16H21N3O3. The van der Waals surface area contributed by atoms with Crippen molar-refractivity contribution in [2.75, 3.05) is 19.7 Å². The minimum Gasteiger partial charge on any atom is -0.388 e. The largest absolute Gasteiger partial charge is 0.388 e. The summed E-state index contributed by atoms with van der Waals surface area (Å²) >= 11 is 0. The van der Waals surface area contributed by atoms with Gasteiger partial charge in [-0.3, -0.25) is 9.78 Å². The number of aliphatic hydroxyl groups is 1. The van der Waals surface area contributed by atoms with Gasteiger partial charge in [0.15, 0.2) is 0 Å². The topological polar surface area (TPSA) is 78.5 Å². The average molecular weight is 303 g/mol. The van der Waals surface area contributed by atoms with Crippen LogP contribution >= 0.6 is 0 Å². The van der Waals surface area contributed by atoms with Gasteiger partial charge in [-0.05, 0) is 32.9 Å². The molecule has 2 N–H and O–H groups in total. The van der Waals surface area contributed by atoms with E-state index < -0.39 is 5.60 Å². The van der Waals surface area contributed by atoms with E-state index >= 15 is 0 Å². The zero-order valence-electron chi connectivity index (χ0n) is 13.1. The van der Waals surface area contributed by atoms with Crippen LogP contribution in [0.3, 0.4) is 0 Å². The molecule has 0 unspecified atom stereocenters. The lowest BCUT2D eigenvalue weighted by Gasteiger charge is -2.39. The zero-order valence-corrected chi connectivity index (χ0v) is 13.1. The fourth-order valence-corrected chi connectivity index (χ4v) is 2.46. The number of H-pyrrole nitrogens is 1. The van der Waals surface area contributed by atoms with Gasteiger partial charge in [-0.15, -0.1) is 0 Å². The molecule has 3 heterocycles. The molecule has 1 fully saturated rings. The van der Waals surface area contributed by atoms with Crippen LogP contribution in [0.15, 0.2) is 18.3 Å². The van der Waals surface area contributed by atoms with Gasteiger partial charge < -0.3 is 19.7 Å². The van der Waals surface area contributed by atoms with Gasteiger partial charge in [0.25, 0.3) is 5.91 Å². The Balaban J connectivity index is 1.60. The Hall–Kier alpha value is -1.92. The highest BCUT2D eigenvalue weighted by molar-refractivity contribution is 5.98. The van der Waals surface area contributed by atoms with E-state index in [0.717, 1.165) is 16.6 Å². The van der Waals surface area contributed by atoms with E-state index in [4.69, 9.17) is 4.74 Å². The van der Waals surface area contributed by atoms with Crippen LogP contribution in [0.4, 0.5) is 0 Å². The predicted octanol–water partition coefficient (Wildman–Crippen LogP) is 1.48. The standard InChI is InChI=1S/C16H21N3O3/c1-10-4-11-5-13(18-14(11)6-17-10)15(20)19-7-12(8-19)22-9-16(2,3)21/h4-6,12,18,21H,7-9H2,1-3H3. The summed E-state index contributed by atoms with van der Waals surface area (Å²) in [5.41, 5.74) is 1.52. The number of nitrogens with zero attached hydrogens (tertiary/aromatic N) is 2. The van der Waals surface area contributed by atoms with Gasteiger partial charge in [-0.1, -0.05) is 0 Å². The van der Waals surface area contributed by atoms with Crippen LogP contribution in [-0.2, 0) is 4.74 Å². The Morgan fingerprint density at radius 2 is 2.23 bits per heavy atom. The molecule has 0 aromatic carbocycles. The molecule has 1 aliphatic rings. The van der Waals surface area contributed by atoms with E-state index in [1.165, 1.54) is 0 Å². The molecule has 1 saturated heterocycles. The van der Waals surface area contributed by atoms with E-state index in [9.17, 15) is 9.90 Å². The van der Waals surface area contributed by atoms with Gasteiger partial charge in [0.05, 0.1) is 30.0 Å². The molecule has 0 atom stereocenters. The highest BCUT2D eigenvalue weighted by Gasteiger charge is 2.33. The number of nitrogens with one attached hydrogen (secondary N) is 1. The van der Waals surface area contributed by atoms with Crippen molar-refractivity contribution in [3.8, 4) is 0 Å². The zero-order chi connectivity index (χ0) is 15.9. The molecule has 0 bridgehead atoms. The molecule has 0 aliphatic carbocycles. The maximum atomic E-state index is 12.4. The average Bonchev–Trinajstić information content (AvgIpc) is 2.78. The van der Waals surface area contributed by atoms with E-state index in [2.05, 4.69) is 9.97 Å². The fraction of sp³-hybridized carbons (Fsp3) is 0.500. The summed E-state index contributed by atoms with van der Waals surface area (Å²) in [6.45, 7) is 6.72. The number of hydrogen-bond acceptors (Lipinski definition) is 4.